The highest BCUT2D eigenvalue weighted by atomic mass is 19.2. The first-order chi connectivity index (χ1) is 8.43. The Kier molecular flexibility index (Phi) is 3.06. The molecule has 1 aliphatic heterocycles. The Hall–Kier alpha value is -1.92. The van der Waals surface area contributed by atoms with Crippen LogP contribution in [0.15, 0.2) is 12.3 Å². The van der Waals surface area contributed by atoms with Crippen LogP contribution in [0, 0.1) is 29.1 Å². The molecule has 0 aromatic heterocycles. The third-order valence-electron chi connectivity index (χ3n) is 2.45. The number of carbonyl (C=O) groups is 1. The van der Waals surface area contributed by atoms with Crippen molar-refractivity contribution in [1.29, 1.82) is 0 Å². The Morgan fingerprint density at radius 1 is 0.944 bits per heavy atom. The quantitative estimate of drug-likeness (QED) is 0.443. The molecule has 0 N–H and O–H groups in total. The van der Waals surface area contributed by atoms with Crippen LogP contribution < -0.4 is 0 Å². The van der Waals surface area contributed by atoms with Gasteiger partial charge in [-0.3, -0.25) is 4.79 Å². The van der Waals surface area contributed by atoms with Gasteiger partial charge in [-0.1, -0.05) is 0 Å². The van der Waals surface area contributed by atoms with Gasteiger partial charge in [0.2, 0.25) is 5.82 Å². The van der Waals surface area contributed by atoms with Gasteiger partial charge >= 0.3 is 0 Å². The summed E-state index contributed by atoms with van der Waals surface area (Å²) in [6.07, 6.45) is -0.154. The van der Waals surface area contributed by atoms with Gasteiger partial charge in [0.15, 0.2) is 29.1 Å². The summed E-state index contributed by atoms with van der Waals surface area (Å²) >= 11 is 0. The molecule has 1 aromatic rings. The monoisotopic (exact) mass is 264 g/mol. The van der Waals surface area contributed by atoms with E-state index >= 15 is 0 Å². The summed E-state index contributed by atoms with van der Waals surface area (Å²) < 4.78 is 70.1. The molecular formula is C11H5F5O2. The molecule has 1 atom stereocenters. The van der Waals surface area contributed by atoms with E-state index in [1.54, 1.807) is 0 Å². The van der Waals surface area contributed by atoms with Crippen LogP contribution in [0.3, 0.4) is 0 Å². The Bertz CT molecular complexity index is 524. The van der Waals surface area contributed by atoms with Crippen molar-refractivity contribution in [3.05, 3.63) is 47.0 Å². The molecule has 0 saturated heterocycles. The first-order valence-electron chi connectivity index (χ1n) is 4.79. The van der Waals surface area contributed by atoms with Crippen LogP contribution in [0.1, 0.15) is 18.1 Å². The third kappa shape index (κ3) is 1.85. The van der Waals surface area contributed by atoms with Gasteiger partial charge in [0.25, 0.3) is 0 Å². The number of carbonyl (C=O) groups excluding carboxylic acids is 1. The molecule has 1 heterocycles. The number of ketones is 1. The van der Waals surface area contributed by atoms with Crippen molar-refractivity contribution in [3.63, 3.8) is 0 Å². The van der Waals surface area contributed by atoms with Crippen LogP contribution in [-0.4, -0.2) is 5.78 Å². The molecule has 1 unspecified atom stereocenters. The van der Waals surface area contributed by atoms with E-state index in [4.69, 9.17) is 4.74 Å². The highest BCUT2D eigenvalue weighted by Gasteiger charge is 2.32. The zero-order chi connectivity index (χ0) is 13.4. The second-order valence-electron chi connectivity index (χ2n) is 3.58. The topological polar surface area (TPSA) is 26.3 Å². The first-order valence-corrected chi connectivity index (χ1v) is 4.79. The minimum Gasteiger partial charge on any atom is -0.493 e. The average molecular weight is 264 g/mol. The summed E-state index contributed by atoms with van der Waals surface area (Å²) in [5.74, 6) is -10.9. The number of ether oxygens (including phenoxy) is 1. The van der Waals surface area contributed by atoms with Crippen LogP contribution in [0.5, 0.6) is 0 Å². The standard InChI is InChI=1S/C11H5F5O2/c12-7-6(5-3-4(17)1-2-18-5)8(13)10(15)11(16)9(7)14/h1-2,5H,3H2. The molecule has 18 heavy (non-hydrogen) atoms. The second-order valence-corrected chi connectivity index (χ2v) is 3.58. The molecule has 7 heteroatoms. The van der Waals surface area contributed by atoms with Gasteiger partial charge in [0, 0.05) is 6.08 Å². The molecule has 0 fully saturated rings. The summed E-state index contributed by atoms with van der Waals surface area (Å²) in [5, 5.41) is 0. The highest BCUT2D eigenvalue weighted by molar-refractivity contribution is 5.90. The fourth-order valence-electron chi connectivity index (χ4n) is 1.58. The number of hydrogen-bond acceptors (Lipinski definition) is 2. The van der Waals surface area contributed by atoms with Crippen LogP contribution in [0.2, 0.25) is 0 Å². The lowest BCUT2D eigenvalue weighted by Gasteiger charge is -2.20. The van der Waals surface area contributed by atoms with Gasteiger partial charge < -0.3 is 4.74 Å². The summed E-state index contributed by atoms with van der Waals surface area (Å²) in [5.41, 5.74) is -1.14. The zero-order valence-corrected chi connectivity index (χ0v) is 8.65. The summed E-state index contributed by atoms with van der Waals surface area (Å²) in [4.78, 5) is 11.0. The fraction of sp³-hybridized carbons (Fsp3) is 0.182. The number of rotatable bonds is 1. The Morgan fingerprint density at radius 2 is 1.44 bits per heavy atom. The van der Waals surface area contributed by atoms with Crippen molar-refractivity contribution < 1.29 is 31.5 Å². The van der Waals surface area contributed by atoms with Gasteiger partial charge in [0.05, 0.1) is 18.2 Å². The Labute approximate surface area is 97.7 Å². The molecule has 0 saturated carbocycles. The fourth-order valence-corrected chi connectivity index (χ4v) is 1.58. The van der Waals surface area contributed by atoms with Crippen LogP contribution >= 0.6 is 0 Å². The summed E-state index contributed by atoms with van der Waals surface area (Å²) in [6, 6.07) is 0. The van der Waals surface area contributed by atoms with Gasteiger partial charge in [-0.2, -0.15) is 0 Å². The maximum atomic E-state index is 13.4. The van der Waals surface area contributed by atoms with Crippen LogP contribution in [0.4, 0.5) is 22.0 Å². The van der Waals surface area contributed by atoms with Crippen molar-refractivity contribution in [2.45, 2.75) is 12.5 Å². The molecular weight excluding hydrogens is 259 g/mol. The third-order valence-corrected chi connectivity index (χ3v) is 2.45. The first kappa shape index (κ1) is 12.5. The van der Waals surface area contributed by atoms with Crippen LogP contribution in [-0.2, 0) is 9.53 Å². The molecule has 0 bridgehead atoms. The van der Waals surface area contributed by atoms with E-state index in [9.17, 15) is 26.7 Å². The van der Waals surface area contributed by atoms with E-state index in [-0.39, 0.29) is 0 Å². The van der Waals surface area contributed by atoms with Gasteiger partial charge in [0.1, 0.15) is 6.10 Å². The van der Waals surface area contributed by atoms with E-state index in [1.165, 1.54) is 0 Å². The average Bonchev–Trinajstić information content (AvgIpc) is 2.34. The van der Waals surface area contributed by atoms with E-state index in [2.05, 4.69) is 0 Å². The molecule has 0 radical (unpaired) electrons. The largest absolute Gasteiger partial charge is 0.493 e. The van der Waals surface area contributed by atoms with Crippen molar-refractivity contribution in [2.75, 3.05) is 0 Å². The maximum absolute atomic E-state index is 13.4. The number of hydrogen-bond donors (Lipinski definition) is 0. The van der Waals surface area contributed by atoms with Crippen molar-refractivity contribution in [1.82, 2.24) is 0 Å². The minimum atomic E-state index is -2.24. The lowest BCUT2D eigenvalue weighted by molar-refractivity contribution is -0.118. The van der Waals surface area contributed by atoms with Gasteiger partial charge in [-0.25, -0.2) is 22.0 Å². The van der Waals surface area contributed by atoms with Gasteiger partial charge in [-0.05, 0) is 0 Å². The molecule has 2 nitrogen and oxygen atoms in total. The number of halogens is 5. The van der Waals surface area contributed by atoms with Crippen LogP contribution in [0.25, 0.3) is 0 Å². The Balaban J connectivity index is 2.58. The molecule has 1 aliphatic rings. The van der Waals surface area contributed by atoms with E-state index < -0.39 is 53.0 Å². The molecule has 0 amide bonds. The molecule has 96 valence electrons. The minimum absolute atomic E-state index is 0.491. The normalized spacial score (nSPS) is 18.9. The molecule has 2 rings (SSSR count). The summed E-state index contributed by atoms with van der Waals surface area (Å²) in [6.45, 7) is 0. The Morgan fingerprint density at radius 3 is 1.94 bits per heavy atom. The van der Waals surface area contributed by atoms with E-state index in [1.807, 2.05) is 0 Å². The smallest absolute Gasteiger partial charge is 0.200 e. The predicted molar refractivity (Wildman–Crippen MR) is 48.8 cm³/mol. The number of allylic oxidation sites excluding steroid dienone is 1. The highest BCUT2D eigenvalue weighted by Crippen LogP contribution is 2.33. The summed E-state index contributed by atoms with van der Waals surface area (Å²) in [7, 11) is 0. The number of benzene rings is 1. The molecule has 0 aliphatic carbocycles. The van der Waals surface area contributed by atoms with E-state index in [0.29, 0.717) is 0 Å². The van der Waals surface area contributed by atoms with E-state index in [0.717, 1.165) is 12.3 Å². The van der Waals surface area contributed by atoms with Crippen molar-refractivity contribution >= 4 is 5.78 Å². The second kappa shape index (κ2) is 4.40. The molecule has 0 spiro atoms. The lowest BCUT2D eigenvalue weighted by Crippen LogP contribution is -2.17. The maximum Gasteiger partial charge on any atom is 0.200 e. The van der Waals surface area contributed by atoms with Crippen molar-refractivity contribution in [3.8, 4) is 0 Å². The zero-order valence-electron chi connectivity index (χ0n) is 8.65. The van der Waals surface area contributed by atoms with Crippen molar-refractivity contribution in [2.24, 2.45) is 0 Å². The van der Waals surface area contributed by atoms with Gasteiger partial charge in [-0.15, -0.1) is 0 Å². The molecule has 1 aromatic carbocycles. The predicted octanol–water partition coefficient (Wildman–Crippen LogP) is 2.93. The SMILES string of the molecule is O=C1C=COC(c2c(F)c(F)c(F)c(F)c2F)C1. The lowest BCUT2D eigenvalue weighted by atomic mass is 10.0.